The summed E-state index contributed by atoms with van der Waals surface area (Å²) < 4.78 is 0. The summed E-state index contributed by atoms with van der Waals surface area (Å²) in [5.74, 6) is 7.78. The molecule has 8 aliphatic rings. The van der Waals surface area contributed by atoms with Crippen molar-refractivity contribution >= 4 is 0 Å². The fraction of sp³-hybridized carbons (Fsp3) is 0.926. The third-order valence-electron chi connectivity index (χ3n) is 20.7. The van der Waals surface area contributed by atoms with Crippen molar-refractivity contribution < 1.29 is 20.4 Å². The minimum absolute atomic E-state index is 0.108. The van der Waals surface area contributed by atoms with E-state index in [4.69, 9.17) is 0 Å². The highest BCUT2D eigenvalue weighted by Crippen LogP contribution is 2.69. The van der Waals surface area contributed by atoms with Crippen LogP contribution in [0.15, 0.2) is 23.3 Å². The molecular weight excluding hydrogens is 713 g/mol. The summed E-state index contributed by atoms with van der Waals surface area (Å²) >= 11 is 0. The zero-order chi connectivity index (χ0) is 42.0. The Morgan fingerprint density at radius 2 is 1.12 bits per heavy atom. The van der Waals surface area contributed by atoms with Crippen molar-refractivity contribution in [1.29, 1.82) is 0 Å². The van der Waals surface area contributed by atoms with Crippen LogP contribution >= 0.6 is 0 Å². The Balaban J connectivity index is 0.000000177. The van der Waals surface area contributed by atoms with Gasteiger partial charge >= 0.3 is 0 Å². The second-order valence-electron chi connectivity index (χ2n) is 24.8. The van der Waals surface area contributed by atoms with E-state index in [2.05, 4.69) is 81.4 Å². The molecule has 4 nitrogen and oxygen atoms in total. The lowest BCUT2D eigenvalue weighted by molar-refractivity contribution is -0.105. The van der Waals surface area contributed by atoms with Gasteiger partial charge in [0.05, 0.1) is 23.9 Å². The normalized spacial score (nSPS) is 46.5. The molecule has 6 fully saturated rings. The lowest BCUT2D eigenvalue weighted by Crippen LogP contribution is -2.53. The van der Waals surface area contributed by atoms with Gasteiger partial charge in [-0.1, -0.05) is 98.5 Å². The van der Waals surface area contributed by atoms with Crippen LogP contribution < -0.4 is 0 Å². The van der Waals surface area contributed by atoms with Gasteiger partial charge in [-0.05, 0) is 216 Å². The van der Waals surface area contributed by atoms with Gasteiger partial charge in [0, 0.05) is 0 Å². The first-order chi connectivity index (χ1) is 27.2. The second kappa shape index (κ2) is 17.1. The summed E-state index contributed by atoms with van der Waals surface area (Å²) in [6.45, 7) is 23.8. The summed E-state index contributed by atoms with van der Waals surface area (Å²) in [7, 11) is 0. The van der Waals surface area contributed by atoms with E-state index >= 15 is 0 Å². The molecule has 58 heavy (non-hydrogen) atoms. The predicted molar refractivity (Wildman–Crippen MR) is 241 cm³/mol. The zero-order valence-electron chi connectivity index (χ0n) is 39.4. The number of aliphatic hydroxyl groups is 4. The van der Waals surface area contributed by atoms with Crippen molar-refractivity contribution in [2.75, 3.05) is 0 Å². The van der Waals surface area contributed by atoms with Gasteiger partial charge < -0.3 is 20.4 Å². The maximum absolute atomic E-state index is 11.6. The molecule has 0 aliphatic heterocycles. The number of fused-ring (bicyclic) bond motifs is 10. The van der Waals surface area contributed by atoms with Crippen molar-refractivity contribution in [3.8, 4) is 0 Å². The molecule has 1 unspecified atom stereocenters. The fourth-order valence-corrected chi connectivity index (χ4v) is 17.3. The zero-order valence-corrected chi connectivity index (χ0v) is 39.4. The smallest absolute Gasteiger partial charge is 0.0653 e. The topological polar surface area (TPSA) is 80.9 Å². The van der Waals surface area contributed by atoms with Gasteiger partial charge in [-0.2, -0.15) is 0 Å². The second-order valence-corrected chi connectivity index (χ2v) is 24.8. The number of hydrogen-bond acceptors (Lipinski definition) is 4. The lowest BCUT2D eigenvalue weighted by atomic mass is 9.46. The molecule has 332 valence electrons. The number of allylic oxidation sites excluding steroid dienone is 2. The van der Waals surface area contributed by atoms with Crippen LogP contribution in [-0.4, -0.2) is 44.3 Å². The van der Waals surface area contributed by atoms with E-state index in [1.807, 2.05) is 0 Å². The molecule has 8 aliphatic carbocycles. The molecular formula is C54H92O4. The Hall–Kier alpha value is -0.680. The molecule has 8 rings (SSSR count). The molecule has 0 spiro atoms. The number of aliphatic hydroxyl groups excluding tert-OH is 3. The first-order valence-corrected chi connectivity index (χ1v) is 25.4. The van der Waals surface area contributed by atoms with Gasteiger partial charge in [0.2, 0.25) is 0 Å². The molecule has 0 amide bonds. The van der Waals surface area contributed by atoms with Gasteiger partial charge in [-0.25, -0.2) is 0 Å². The Kier molecular flexibility index (Phi) is 13.4. The highest BCUT2D eigenvalue weighted by atomic mass is 16.3. The van der Waals surface area contributed by atoms with E-state index in [-0.39, 0.29) is 18.3 Å². The summed E-state index contributed by atoms with van der Waals surface area (Å²) in [6, 6.07) is 0. The Morgan fingerprint density at radius 1 is 0.621 bits per heavy atom. The van der Waals surface area contributed by atoms with E-state index in [1.165, 1.54) is 83.5 Å². The molecule has 0 aromatic rings. The van der Waals surface area contributed by atoms with Crippen LogP contribution in [0.1, 0.15) is 204 Å². The van der Waals surface area contributed by atoms with E-state index in [0.717, 1.165) is 92.8 Å². The first-order valence-electron chi connectivity index (χ1n) is 25.4. The monoisotopic (exact) mass is 805 g/mol. The van der Waals surface area contributed by atoms with Crippen LogP contribution in [-0.2, 0) is 0 Å². The van der Waals surface area contributed by atoms with E-state index in [0.29, 0.717) is 45.3 Å². The number of rotatable bonds is 10. The Bertz CT molecular complexity index is 1480. The average Bonchev–Trinajstić information content (AvgIpc) is 3.71. The van der Waals surface area contributed by atoms with E-state index in [9.17, 15) is 20.4 Å². The summed E-state index contributed by atoms with van der Waals surface area (Å²) in [4.78, 5) is 0. The first kappa shape index (κ1) is 45.3. The molecule has 17 atom stereocenters. The molecule has 4 heteroatoms. The third-order valence-corrected chi connectivity index (χ3v) is 20.7. The molecule has 0 aromatic heterocycles. The standard InChI is InChI=1S/2C27H46O2/c1-17(2)6-11-25(29)18(3)22-9-10-23-21-8-7-19-16-20(28)12-14-26(19,4)24(21)13-15-27(22,23)5;1-18(2)7-6-14-27(5,29)24-11-10-22-21-9-8-19-17-20(28)12-15-25(19,3)23(21)13-16-26(22,24)4/h7,17-18,20-25,28-29H,6,8-16H2,1-5H3;8,18,20-24,28-29H,6-7,9-17H2,1-5H3/t18-,20-,21-,22+,23-,24-,25?,26-,27+;20-,21-,22-,23-,24-,25-,26-,27-/m00/s1. The van der Waals surface area contributed by atoms with Gasteiger partial charge in [0.1, 0.15) is 0 Å². The van der Waals surface area contributed by atoms with Gasteiger partial charge in [-0.3, -0.25) is 0 Å². The van der Waals surface area contributed by atoms with Gasteiger partial charge in [0.15, 0.2) is 0 Å². The summed E-state index contributed by atoms with van der Waals surface area (Å²) in [5.41, 5.74) is 4.00. The van der Waals surface area contributed by atoms with Crippen molar-refractivity contribution in [3.63, 3.8) is 0 Å². The van der Waals surface area contributed by atoms with Crippen LogP contribution in [0.5, 0.6) is 0 Å². The van der Waals surface area contributed by atoms with Crippen LogP contribution in [0.2, 0.25) is 0 Å². The molecule has 0 radical (unpaired) electrons. The fourth-order valence-electron chi connectivity index (χ4n) is 17.3. The van der Waals surface area contributed by atoms with Gasteiger partial charge in [0.25, 0.3) is 0 Å². The van der Waals surface area contributed by atoms with E-state index in [1.54, 1.807) is 11.1 Å². The molecule has 0 bridgehead atoms. The summed E-state index contributed by atoms with van der Waals surface area (Å²) in [5, 5.41) is 42.9. The summed E-state index contributed by atoms with van der Waals surface area (Å²) in [6.07, 6.45) is 29.3. The molecule has 4 N–H and O–H groups in total. The van der Waals surface area contributed by atoms with E-state index < -0.39 is 5.60 Å². The van der Waals surface area contributed by atoms with Gasteiger partial charge in [-0.15, -0.1) is 0 Å². The van der Waals surface area contributed by atoms with Crippen LogP contribution in [0.25, 0.3) is 0 Å². The largest absolute Gasteiger partial charge is 0.393 e. The highest BCUT2D eigenvalue weighted by Gasteiger charge is 2.62. The third kappa shape index (κ3) is 8.17. The van der Waals surface area contributed by atoms with Crippen molar-refractivity contribution in [2.45, 2.75) is 228 Å². The molecule has 0 saturated heterocycles. The maximum atomic E-state index is 11.6. The van der Waals surface area contributed by atoms with Crippen LogP contribution in [0.4, 0.5) is 0 Å². The van der Waals surface area contributed by atoms with Crippen molar-refractivity contribution in [1.82, 2.24) is 0 Å². The minimum atomic E-state index is -0.514. The Morgan fingerprint density at radius 3 is 1.66 bits per heavy atom. The average molecular weight is 805 g/mol. The minimum Gasteiger partial charge on any atom is -0.393 e. The molecule has 6 saturated carbocycles. The predicted octanol–water partition coefficient (Wildman–Crippen LogP) is 12.9. The van der Waals surface area contributed by atoms with Crippen LogP contribution in [0, 0.1) is 86.8 Å². The number of hydrogen-bond donors (Lipinski definition) is 4. The molecule has 0 heterocycles. The molecule has 0 aromatic carbocycles. The van der Waals surface area contributed by atoms with Crippen molar-refractivity contribution in [3.05, 3.63) is 23.3 Å². The maximum Gasteiger partial charge on any atom is 0.0653 e. The lowest BCUT2D eigenvalue weighted by Gasteiger charge is -2.59. The SMILES string of the molecule is CC(C)CCC(O)[C@@H](C)[C@H]1CC[C@H]2[C@@H]3CC=C4C[C@@H](O)CC[C@]4(C)[C@H]3CC[C@]12C.CC(C)CCC[C@](C)(O)[C@H]1CC[C@H]2[C@@H]3CC=C4C[C@@H](O)CC[C@]4(C)[C@H]3CC[C@@]21C. The quantitative estimate of drug-likeness (QED) is 0.166. The van der Waals surface area contributed by atoms with Crippen molar-refractivity contribution in [2.24, 2.45) is 86.8 Å². The highest BCUT2D eigenvalue weighted by molar-refractivity contribution is 5.27. The Labute approximate surface area is 357 Å². The van der Waals surface area contributed by atoms with Crippen LogP contribution in [0.3, 0.4) is 0 Å².